The molecule has 1 N–H and O–H groups in total. The number of pyridine rings is 2. The zero-order chi connectivity index (χ0) is 23.1. The Hall–Kier alpha value is -3.99. The Kier molecular flexibility index (Phi) is 5.17. The third-order valence-corrected chi connectivity index (χ3v) is 6.40. The standard InChI is InChI=1S/C22H18N6O4S/c1-12-6-17(27-9-13(10-27)16(29)7-14-8-23-2-3-24-14)26-20-18(12)19(30)15(21(31)32)11-28(20)22-25-4-5-33-22/h2-6,8,11,13H,7,9-10H2,1H3,(H,31,32). The van der Waals surface area contributed by atoms with Gasteiger partial charge in [-0.05, 0) is 18.6 Å². The van der Waals surface area contributed by atoms with Crippen LogP contribution in [0.5, 0.6) is 0 Å². The van der Waals surface area contributed by atoms with Crippen LogP contribution in [-0.4, -0.2) is 54.5 Å². The van der Waals surface area contributed by atoms with Gasteiger partial charge in [-0.3, -0.25) is 24.1 Å². The summed E-state index contributed by atoms with van der Waals surface area (Å²) in [5, 5.41) is 12.0. The van der Waals surface area contributed by atoms with Crippen LogP contribution >= 0.6 is 11.3 Å². The Morgan fingerprint density at radius 3 is 2.70 bits per heavy atom. The second-order valence-electron chi connectivity index (χ2n) is 7.80. The van der Waals surface area contributed by atoms with Crippen molar-refractivity contribution in [2.24, 2.45) is 5.92 Å². The molecule has 0 saturated carbocycles. The molecule has 0 aliphatic carbocycles. The highest BCUT2D eigenvalue weighted by molar-refractivity contribution is 7.12. The molecule has 4 aromatic rings. The fraction of sp³-hybridized carbons (Fsp3) is 0.227. The van der Waals surface area contributed by atoms with Crippen LogP contribution in [-0.2, 0) is 11.2 Å². The number of hydrogen-bond donors (Lipinski definition) is 1. The van der Waals surface area contributed by atoms with E-state index in [4.69, 9.17) is 0 Å². The van der Waals surface area contributed by atoms with Gasteiger partial charge in [0, 0.05) is 49.5 Å². The summed E-state index contributed by atoms with van der Waals surface area (Å²) in [4.78, 5) is 56.2. The Balaban J connectivity index is 1.48. The number of hydrogen-bond acceptors (Lipinski definition) is 9. The Bertz CT molecular complexity index is 1430. The molecule has 0 aromatic carbocycles. The first-order valence-corrected chi connectivity index (χ1v) is 11.0. The molecule has 5 rings (SSSR count). The highest BCUT2D eigenvalue weighted by Gasteiger charge is 2.34. The predicted octanol–water partition coefficient (Wildman–Crippen LogP) is 1.89. The van der Waals surface area contributed by atoms with Gasteiger partial charge in [-0.15, -0.1) is 11.3 Å². The molecule has 1 saturated heterocycles. The summed E-state index contributed by atoms with van der Waals surface area (Å²) in [6.45, 7) is 2.76. The smallest absolute Gasteiger partial charge is 0.341 e. The Labute approximate surface area is 191 Å². The number of Topliss-reactive ketones (excluding diaryl/α,β-unsaturated/α-hetero) is 1. The third kappa shape index (κ3) is 3.76. The minimum Gasteiger partial charge on any atom is -0.477 e. The summed E-state index contributed by atoms with van der Waals surface area (Å²) in [5.74, 6) is -0.727. The summed E-state index contributed by atoms with van der Waals surface area (Å²) in [6, 6.07) is 1.75. The number of thiazole rings is 1. The minimum atomic E-state index is -1.30. The van der Waals surface area contributed by atoms with Crippen molar-refractivity contribution in [1.82, 2.24) is 24.5 Å². The number of rotatable bonds is 6. The molecule has 0 bridgehead atoms. The van der Waals surface area contributed by atoms with Crippen molar-refractivity contribution in [3.05, 3.63) is 69.5 Å². The van der Waals surface area contributed by atoms with Crippen LogP contribution in [0.3, 0.4) is 0 Å². The fourth-order valence-electron chi connectivity index (χ4n) is 3.89. The summed E-state index contributed by atoms with van der Waals surface area (Å²) in [7, 11) is 0. The summed E-state index contributed by atoms with van der Waals surface area (Å²) < 4.78 is 1.54. The zero-order valence-corrected chi connectivity index (χ0v) is 18.3. The number of fused-ring (bicyclic) bond motifs is 1. The number of nitrogens with zero attached hydrogens (tertiary/aromatic N) is 6. The molecule has 166 valence electrons. The molecular formula is C22H18N6O4S. The van der Waals surface area contributed by atoms with Gasteiger partial charge in [-0.2, -0.15) is 0 Å². The lowest BCUT2D eigenvalue weighted by atomic mass is 9.92. The van der Waals surface area contributed by atoms with E-state index in [0.29, 0.717) is 40.9 Å². The average Bonchev–Trinajstić information content (AvgIpc) is 3.28. The molecule has 0 spiro atoms. The largest absolute Gasteiger partial charge is 0.477 e. The van der Waals surface area contributed by atoms with Gasteiger partial charge >= 0.3 is 5.97 Å². The number of aromatic nitrogens is 5. The van der Waals surface area contributed by atoms with E-state index in [-0.39, 0.29) is 29.1 Å². The van der Waals surface area contributed by atoms with E-state index in [0.717, 1.165) is 0 Å². The van der Waals surface area contributed by atoms with Gasteiger partial charge in [0.2, 0.25) is 5.43 Å². The Morgan fingerprint density at radius 2 is 2.03 bits per heavy atom. The predicted molar refractivity (Wildman–Crippen MR) is 121 cm³/mol. The van der Waals surface area contributed by atoms with Crippen molar-refractivity contribution in [2.45, 2.75) is 13.3 Å². The van der Waals surface area contributed by atoms with E-state index in [1.807, 2.05) is 4.90 Å². The van der Waals surface area contributed by atoms with E-state index < -0.39 is 11.4 Å². The molecule has 0 radical (unpaired) electrons. The van der Waals surface area contributed by atoms with Gasteiger partial charge < -0.3 is 10.0 Å². The molecule has 1 fully saturated rings. The second-order valence-corrected chi connectivity index (χ2v) is 8.67. The number of ketones is 1. The van der Waals surface area contributed by atoms with Crippen LogP contribution in [0.25, 0.3) is 16.2 Å². The van der Waals surface area contributed by atoms with Crippen molar-refractivity contribution in [3.8, 4) is 5.13 Å². The zero-order valence-electron chi connectivity index (χ0n) is 17.5. The number of carboxylic acid groups (broad SMARTS) is 1. The van der Waals surface area contributed by atoms with E-state index in [9.17, 15) is 19.5 Å². The summed E-state index contributed by atoms with van der Waals surface area (Å²) in [5.41, 5.74) is 0.672. The van der Waals surface area contributed by atoms with Crippen molar-refractivity contribution >= 4 is 39.9 Å². The second kappa shape index (κ2) is 8.17. The number of carbonyl (C=O) groups excluding carboxylic acids is 1. The van der Waals surface area contributed by atoms with Gasteiger partial charge in [0.05, 0.1) is 23.4 Å². The number of aromatic carboxylic acids is 1. The molecule has 0 unspecified atom stereocenters. The van der Waals surface area contributed by atoms with Crippen LogP contribution in [0.2, 0.25) is 0 Å². The Morgan fingerprint density at radius 1 is 1.21 bits per heavy atom. The average molecular weight is 462 g/mol. The lowest BCUT2D eigenvalue weighted by Crippen LogP contribution is -2.51. The molecule has 4 aromatic heterocycles. The molecule has 11 heteroatoms. The fourth-order valence-corrected chi connectivity index (χ4v) is 4.50. The highest BCUT2D eigenvalue weighted by atomic mass is 32.1. The maximum absolute atomic E-state index is 12.9. The van der Waals surface area contributed by atoms with Crippen molar-refractivity contribution < 1.29 is 14.7 Å². The van der Waals surface area contributed by atoms with Gasteiger partial charge in [0.1, 0.15) is 17.2 Å². The molecular weight excluding hydrogens is 444 g/mol. The van der Waals surface area contributed by atoms with E-state index in [1.54, 1.807) is 43.2 Å². The maximum Gasteiger partial charge on any atom is 0.341 e. The van der Waals surface area contributed by atoms with Crippen LogP contribution in [0.1, 0.15) is 21.6 Å². The minimum absolute atomic E-state index is 0.0926. The monoisotopic (exact) mass is 462 g/mol. The van der Waals surface area contributed by atoms with Crippen LogP contribution in [0.15, 0.2) is 47.2 Å². The lowest BCUT2D eigenvalue weighted by Gasteiger charge is -2.39. The first-order chi connectivity index (χ1) is 15.9. The normalized spacial score (nSPS) is 13.8. The third-order valence-electron chi connectivity index (χ3n) is 5.63. The van der Waals surface area contributed by atoms with Crippen LogP contribution in [0.4, 0.5) is 5.82 Å². The molecule has 1 aliphatic heterocycles. The van der Waals surface area contributed by atoms with E-state index in [1.165, 1.54) is 22.1 Å². The van der Waals surface area contributed by atoms with Gasteiger partial charge in [0.15, 0.2) is 10.8 Å². The van der Waals surface area contributed by atoms with Crippen LogP contribution in [0, 0.1) is 12.8 Å². The first-order valence-electron chi connectivity index (χ1n) is 10.1. The van der Waals surface area contributed by atoms with Crippen molar-refractivity contribution in [3.63, 3.8) is 0 Å². The van der Waals surface area contributed by atoms with Crippen molar-refractivity contribution in [1.29, 1.82) is 0 Å². The maximum atomic E-state index is 12.9. The van der Waals surface area contributed by atoms with Gasteiger partial charge in [0.25, 0.3) is 0 Å². The lowest BCUT2D eigenvalue weighted by molar-refractivity contribution is -0.123. The molecule has 10 nitrogen and oxygen atoms in total. The summed E-state index contributed by atoms with van der Waals surface area (Å²) in [6.07, 6.45) is 7.83. The molecule has 33 heavy (non-hydrogen) atoms. The van der Waals surface area contributed by atoms with E-state index in [2.05, 4.69) is 19.9 Å². The number of anilines is 1. The molecule has 1 aliphatic rings. The number of carboxylic acids is 1. The topological polar surface area (TPSA) is 131 Å². The number of aryl methyl sites for hydroxylation is 1. The molecule has 0 amide bonds. The number of carbonyl (C=O) groups is 2. The van der Waals surface area contributed by atoms with Crippen LogP contribution < -0.4 is 10.3 Å². The SMILES string of the molecule is Cc1cc(N2CC(C(=O)Cc3cnccn3)C2)nc2c1c(=O)c(C(=O)O)cn2-c1nccs1. The first kappa shape index (κ1) is 20.9. The molecule has 0 atom stereocenters. The van der Waals surface area contributed by atoms with Gasteiger partial charge in [-0.1, -0.05) is 0 Å². The van der Waals surface area contributed by atoms with E-state index >= 15 is 0 Å². The quantitative estimate of drug-likeness (QED) is 0.456. The molecule has 5 heterocycles. The summed E-state index contributed by atoms with van der Waals surface area (Å²) >= 11 is 1.31. The van der Waals surface area contributed by atoms with Gasteiger partial charge in [-0.25, -0.2) is 14.8 Å². The highest BCUT2D eigenvalue weighted by Crippen LogP contribution is 2.29. The van der Waals surface area contributed by atoms with Crippen molar-refractivity contribution in [2.75, 3.05) is 18.0 Å².